The topological polar surface area (TPSA) is 84.8 Å². The molecule has 97 valence electrons. The van der Waals surface area contributed by atoms with Crippen LogP contribution in [0.3, 0.4) is 0 Å². The highest BCUT2D eigenvalue weighted by Crippen LogP contribution is 2.24. The highest BCUT2D eigenvalue weighted by Gasteiger charge is 2.15. The van der Waals surface area contributed by atoms with Crippen molar-refractivity contribution in [1.82, 2.24) is 15.0 Å². The predicted molar refractivity (Wildman–Crippen MR) is 65.7 cm³/mol. The van der Waals surface area contributed by atoms with Crippen LogP contribution in [0, 0.1) is 12.4 Å². The van der Waals surface area contributed by atoms with E-state index in [2.05, 4.69) is 33.2 Å². The van der Waals surface area contributed by atoms with Gasteiger partial charge in [-0.3, -0.25) is 0 Å². The molecule has 0 amide bonds. The van der Waals surface area contributed by atoms with Crippen LogP contribution in [0.4, 0.5) is 16.0 Å². The standard InChI is InChI=1S/C11H8FN4O2S/c1-2-19(17,18)9-6-4-3-5-8(9)15-11-14-7-13-10(12)16-11/h2-6H,1H2,(H,13,14,15,16). The lowest BCUT2D eigenvalue weighted by Gasteiger charge is -2.08. The number of rotatable bonds is 4. The number of hydrogen-bond donors (Lipinski definition) is 1. The monoisotopic (exact) mass is 279 g/mol. The molecule has 2 rings (SSSR count). The third-order valence-electron chi connectivity index (χ3n) is 2.16. The number of para-hydroxylation sites is 1. The van der Waals surface area contributed by atoms with Crippen molar-refractivity contribution in [3.05, 3.63) is 48.7 Å². The van der Waals surface area contributed by atoms with Crippen molar-refractivity contribution in [2.24, 2.45) is 0 Å². The highest BCUT2D eigenvalue weighted by molar-refractivity contribution is 7.94. The summed E-state index contributed by atoms with van der Waals surface area (Å²) in [5.41, 5.74) is 0.210. The molecule has 1 aromatic carbocycles. The Morgan fingerprint density at radius 2 is 2.05 bits per heavy atom. The van der Waals surface area contributed by atoms with E-state index in [1.807, 2.05) is 0 Å². The van der Waals surface area contributed by atoms with Gasteiger partial charge >= 0.3 is 6.08 Å². The minimum absolute atomic E-state index is 0.00850. The van der Waals surface area contributed by atoms with Gasteiger partial charge in [-0.15, -0.1) is 0 Å². The number of halogens is 1. The summed E-state index contributed by atoms with van der Waals surface area (Å²) in [4.78, 5) is 10.0. The molecule has 6 nitrogen and oxygen atoms in total. The van der Waals surface area contributed by atoms with Gasteiger partial charge in [0.25, 0.3) is 0 Å². The summed E-state index contributed by atoms with van der Waals surface area (Å²) < 4.78 is 36.4. The quantitative estimate of drug-likeness (QED) is 0.912. The van der Waals surface area contributed by atoms with E-state index in [0.717, 1.165) is 5.41 Å². The molecule has 0 unspecified atom stereocenters. The number of benzene rings is 1. The molecule has 0 atom stereocenters. The fourth-order valence-corrected chi connectivity index (χ4v) is 2.21. The average molecular weight is 279 g/mol. The Morgan fingerprint density at radius 3 is 2.74 bits per heavy atom. The van der Waals surface area contributed by atoms with Gasteiger partial charge in [0.2, 0.25) is 22.1 Å². The van der Waals surface area contributed by atoms with Crippen LogP contribution in [-0.4, -0.2) is 23.4 Å². The zero-order valence-electron chi connectivity index (χ0n) is 9.54. The molecule has 0 aliphatic heterocycles. The molecule has 8 heteroatoms. The van der Waals surface area contributed by atoms with Gasteiger partial charge in [-0.2, -0.15) is 19.3 Å². The van der Waals surface area contributed by atoms with E-state index >= 15 is 0 Å². The maximum absolute atomic E-state index is 12.8. The van der Waals surface area contributed by atoms with E-state index in [9.17, 15) is 12.8 Å². The minimum Gasteiger partial charge on any atom is -0.323 e. The Labute approximate surface area is 109 Å². The van der Waals surface area contributed by atoms with Crippen LogP contribution in [0.5, 0.6) is 0 Å². The zero-order chi connectivity index (χ0) is 13.9. The molecule has 2 aromatic rings. The van der Waals surface area contributed by atoms with Crippen molar-refractivity contribution in [2.75, 3.05) is 5.32 Å². The SMILES string of the molecule is C=CS(=O)(=O)c1ccccc1Nc1n[c]nc(F)n1. The van der Waals surface area contributed by atoms with E-state index in [0.29, 0.717) is 0 Å². The fourth-order valence-electron chi connectivity index (χ4n) is 1.34. The van der Waals surface area contributed by atoms with Gasteiger partial charge in [-0.05, 0) is 12.1 Å². The lowest BCUT2D eigenvalue weighted by atomic mass is 10.3. The lowest BCUT2D eigenvalue weighted by Crippen LogP contribution is -2.05. The Bertz CT molecular complexity index is 718. The van der Waals surface area contributed by atoms with Crippen LogP contribution < -0.4 is 5.32 Å². The maximum atomic E-state index is 12.8. The number of anilines is 2. The Kier molecular flexibility index (Phi) is 3.52. The fraction of sp³-hybridized carbons (Fsp3) is 0. The van der Waals surface area contributed by atoms with Crippen LogP contribution >= 0.6 is 0 Å². The molecule has 1 radical (unpaired) electrons. The zero-order valence-corrected chi connectivity index (χ0v) is 10.4. The molecular formula is C11H8FN4O2S. The largest absolute Gasteiger partial charge is 0.323 e. The number of sulfone groups is 1. The van der Waals surface area contributed by atoms with Gasteiger partial charge in [0, 0.05) is 5.41 Å². The second-order valence-electron chi connectivity index (χ2n) is 3.36. The van der Waals surface area contributed by atoms with Crippen molar-refractivity contribution in [3.63, 3.8) is 0 Å². The highest BCUT2D eigenvalue weighted by atomic mass is 32.2. The average Bonchev–Trinajstić information content (AvgIpc) is 2.39. The first-order valence-corrected chi connectivity index (χ1v) is 6.59. The number of aromatic nitrogens is 3. The second-order valence-corrected chi connectivity index (χ2v) is 5.22. The third kappa shape index (κ3) is 2.91. The second kappa shape index (κ2) is 5.11. The van der Waals surface area contributed by atoms with E-state index in [1.165, 1.54) is 12.1 Å². The van der Waals surface area contributed by atoms with Crippen LogP contribution in [-0.2, 0) is 9.84 Å². The van der Waals surface area contributed by atoms with Crippen LogP contribution in [0.2, 0.25) is 0 Å². The summed E-state index contributed by atoms with van der Waals surface area (Å²) in [6.07, 6.45) is 1.04. The molecule has 1 heterocycles. The first kappa shape index (κ1) is 13.1. The molecule has 0 spiro atoms. The molecule has 0 saturated heterocycles. The first-order chi connectivity index (χ1) is 9.03. The van der Waals surface area contributed by atoms with Crippen LogP contribution in [0.25, 0.3) is 0 Å². The van der Waals surface area contributed by atoms with Crippen LogP contribution in [0.1, 0.15) is 0 Å². The first-order valence-electron chi connectivity index (χ1n) is 5.04. The van der Waals surface area contributed by atoms with Crippen molar-refractivity contribution in [1.29, 1.82) is 0 Å². The number of hydrogen-bond acceptors (Lipinski definition) is 6. The van der Waals surface area contributed by atoms with Crippen molar-refractivity contribution >= 4 is 21.5 Å². The normalized spacial score (nSPS) is 11.0. The molecule has 1 N–H and O–H groups in total. The lowest BCUT2D eigenvalue weighted by molar-refractivity contribution is 0.533. The third-order valence-corrected chi connectivity index (χ3v) is 3.56. The minimum atomic E-state index is -3.63. The Balaban J connectivity index is 2.44. The van der Waals surface area contributed by atoms with E-state index in [4.69, 9.17) is 0 Å². The van der Waals surface area contributed by atoms with E-state index in [1.54, 1.807) is 12.1 Å². The summed E-state index contributed by atoms with van der Waals surface area (Å²) in [6, 6.07) is 6.06. The van der Waals surface area contributed by atoms with E-state index < -0.39 is 15.9 Å². The van der Waals surface area contributed by atoms with Gasteiger partial charge in [0.1, 0.15) is 0 Å². The Hall–Kier alpha value is -2.35. The molecule has 1 aromatic heterocycles. The summed E-state index contributed by atoms with van der Waals surface area (Å²) in [5.74, 6) is -0.140. The summed E-state index contributed by atoms with van der Waals surface area (Å²) in [7, 11) is -3.63. The summed E-state index contributed by atoms with van der Waals surface area (Å²) in [6.45, 7) is 3.25. The predicted octanol–water partition coefficient (Wildman–Crippen LogP) is 1.47. The molecule has 0 aliphatic carbocycles. The smallest absolute Gasteiger partial charge is 0.314 e. The molecule has 0 fully saturated rings. The van der Waals surface area contributed by atoms with Crippen LogP contribution in [0.15, 0.2) is 41.1 Å². The molecule has 0 saturated carbocycles. The van der Waals surface area contributed by atoms with Crippen molar-refractivity contribution in [3.8, 4) is 0 Å². The van der Waals surface area contributed by atoms with Gasteiger partial charge in [-0.25, -0.2) is 8.42 Å². The molecule has 0 aliphatic rings. The van der Waals surface area contributed by atoms with Gasteiger partial charge in [0.05, 0.1) is 10.6 Å². The molecular weight excluding hydrogens is 271 g/mol. The summed E-state index contributed by atoms with van der Waals surface area (Å²) in [5, 5.41) is 3.42. The van der Waals surface area contributed by atoms with Gasteiger partial charge < -0.3 is 5.32 Å². The number of nitrogens with one attached hydrogen (secondary N) is 1. The summed E-state index contributed by atoms with van der Waals surface area (Å²) >= 11 is 0. The van der Waals surface area contributed by atoms with Gasteiger partial charge in [0.15, 0.2) is 0 Å². The number of nitrogens with zero attached hydrogens (tertiary/aromatic N) is 3. The van der Waals surface area contributed by atoms with Crippen molar-refractivity contribution in [2.45, 2.75) is 4.90 Å². The van der Waals surface area contributed by atoms with Gasteiger partial charge in [-0.1, -0.05) is 18.7 Å². The van der Waals surface area contributed by atoms with Crippen molar-refractivity contribution < 1.29 is 12.8 Å². The molecule has 19 heavy (non-hydrogen) atoms. The Morgan fingerprint density at radius 1 is 1.32 bits per heavy atom. The van der Waals surface area contributed by atoms with E-state index in [-0.39, 0.29) is 16.5 Å². The molecule has 0 bridgehead atoms. The maximum Gasteiger partial charge on any atom is 0.314 e.